The van der Waals surface area contributed by atoms with Crippen molar-refractivity contribution >= 4 is 15.7 Å². The number of aliphatic hydroxyl groups is 1. The molecule has 52 heavy (non-hydrogen) atoms. The maximum absolute atomic E-state index is 13.5. The second kappa shape index (κ2) is 19.7. The van der Waals surface area contributed by atoms with Gasteiger partial charge in [-0.3, -0.25) is 10.1 Å². The molecule has 0 unspecified atom stereocenters. The highest BCUT2D eigenvalue weighted by molar-refractivity contribution is 7.89. The van der Waals surface area contributed by atoms with E-state index >= 15 is 0 Å². The molecule has 0 amide bonds. The lowest BCUT2D eigenvalue weighted by Gasteiger charge is -2.36. The van der Waals surface area contributed by atoms with Crippen molar-refractivity contribution in [1.29, 1.82) is 0 Å². The number of nitrogens with one attached hydrogen (secondary N) is 1. The lowest BCUT2D eigenvalue weighted by atomic mass is 10.0. The molecule has 0 bridgehead atoms. The van der Waals surface area contributed by atoms with Crippen LogP contribution in [0.4, 0.5) is 5.69 Å². The minimum Gasteiger partial charge on any atom is -0.388 e. The first kappa shape index (κ1) is 38.4. The summed E-state index contributed by atoms with van der Waals surface area (Å²) in [5, 5.41) is 22.9. The molecular weight excluding hydrogens is 685 g/mol. The molecule has 11 nitrogen and oxygen atoms in total. The Labute approximate surface area is 304 Å². The average molecular weight is 727 g/mol. The van der Waals surface area contributed by atoms with E-state index in [4.69, 9.17) is 18.9 Å². The van der Waals surface area contributed by atoms with Gasteiger partial charge in [0.1, 0.15) is 24.4 Å². The maximum atomic E-state index is 13.5. The van der Waals surface area contributed by atoms with E-state index in [-0.39, 0.29) is 50.2 Å². The molecule has 5 aromatic rings. The summed E-state index contributed by atoms with van der Waals surface area (Å²) < 4.78 is 55.0. The third-order valence-electron chi connectivity index (χ3n) is 8.18. The molecule has 5 rings (SSSR count). The number of rotatable bonds is 21. The Morgan fingerprint density at radius 2 is 1.02 bits per heavy atom. The summed E-state index contributed by atoms with van der Waals surface area (Å²) >= 11 is 0. The predicted octanol–water partition coefficient (Wildman–Crippen LogP) is 6.21. The molecule has 0 fully saturated rings. The van der Waals surface area contributed by atoms with Gasteiger partial charge in [0, 0.05) is 18.7 Å². The van der Waals surface area contributed by atoms with Crippen LogP contribution in [-0.2, 0) is 55.4 Å². The molecule has 12 heteroatoms. The standard InChI is InChI=1S/C40H42N2O9S/c43-37(30-48-26-31-13-5-1-6-14-31)39(50-28-33-17-9-3-10-18-33)40(51-29-34-19-11-4-12-20-34)38(49-27-32-15-7-2-8-16-32)25-41-52(46,47)36-23-21-35(22-24-36)42(44)45/h1-24,37-41,43H,25-30H2/t37-,38+,39+,40-/m1/s1. The Kier molecular flexibility index (Phi) is 14.6. The molecule has 0 spiro atoms. The van der Waals surface area contributed by atoms with Crippen molar-refractivity contribution in [2.24, 2.45) is 0 Å². The van der Waals surface area contributed by atoms with E-state index in [2.05, 4.69) is 4.72 Å². The van der Waals surface area contributed by atoms with Crippen LogP contribution in [0.5, 0.6) is 0 Å². The summed E-state index contributed by atoms with van der Waals surface area (Å²) in [6, 6.07) is 42.4. The normalized spacial score (nSPS) is 13.9. The van der Waals surface area contributed by atoms with E-state index in [0.29, 0.717) is 0 Å². The van der Waals surface area contributed by atoms with Crippen molar-refractivity contribution in [2.75, 3.05) is 13.2 Å². The van der Waals surface area contributed by atoms with Gasteiger partial charge < -0.3 is 24.1 Å². The van der Waals surface area contributed by atoms with E-state index in [1.165, 1.54) is 12.1 Å². The SMILES string of the molecule is O=[N+]([O-])c1ccc(S(=O)(=O)NC[C@H](OCc2ccccc2)[C@@H](OCc2ccccc2)[C@@H](OCc2ccccc2)[C@H](O)COCc2ccccc2)cc1. The molecule has 272 valence electrons. The van der Waals surface area contributed by atoms with Crippen LogP contribution >= 0.6 is 0 Å². The molecule has 0 aliphatic rings. The fraction of sp³-hybridized carbons (Fsp3) is 0.250. The molecule has 0 heterocycles. The van der Waals surface area contributed by atoms with E-state index in [0.717, 1.165) is 34.4 Å². The summed E-state index contributed by atoms with van der Waals surface area (Å²) in [5.41, 5.74) is 3.23. The summed E-state index contributed by atoms with van der Waals surface area (Å²) in [4.78, 5) is 10.4. The minimum atomic E-state index is -4.16. The monoisotopic (exact) mass is 726 g/mol. The van der Waals surface area contributed by atoms with Crippen LogP contribution in [0.25, 0.3) is 0 Å². The van der Waals surface area contributed by atoms with Gasteiger partial charge in [-0.05, 0) is 34.4 Å². The number of nitrogens with zero attached hydrogens (tertiary/aromatic N) is 1. The van der Waals surface area contributed by atoms with E-state index in [9.17, 15) is 23.6 Å². The molecule has 5 aromatic carbocycles. The van der Waals surface area contributed by atoms with Crippen molar-refractivity contribution in [1.82, 2.24) is 4.72 Å². The van der Waals surface area contributed by atoms with Crippen LogP contribution < -0.4 is 4.72 Å². The highest BCUT2D eigenvalue weighted by atomic mass is 32.2. The van der Waals surface area contributed by atoms with Gasteiger partial charge in [-0.2, -0.15) is 0 Å². The van der Waals surface area contributed by atoms with Crippen molar-refractivity contribution in [2.45, 2.75) is 55.7 Å². The second-order valence-corrected chi connectivity index (χ2v) is 13.8. The lowest BCUT2D eigenvalue weighted by molar-refractivity contribution is -0.384. The summed E-state index contributed by atoms with van der Waals surface area (Å²) in [5.74, 6) is 0. The zero-order chi connectivity index (χ0) is 36.6. The van der Waals surface area contributed by atoms with Crippen molar-refractivity contribution in [3.8, 4) is 0 Å². The molecule has 0 saturated heterocycles. The van der Waals surface area contributed by atoms with Crippen LogP contribution in [0.3, 0.4) is 0 Å². The number of aliphatic hydroxyl groups excluding tert-OH is 1. The number of sulfonamides is 1. The van der Waals surface area contributed by atoms with Crippen molar-refractivity contribution < 1.29 is 37.4 Å². The summed E-state index contributed by atoms with van der Waals surface area (Å²) in [6.07, 6.45) is -4.30. The van der Waals surface area contributed by atoms with Gasteiger partial charge in [0.25, 0.3) is 5.69 Å². The fourth-order valence-electron chi connectivity index (χ4n) is 5.41. The van der Waals surface area contributed by atoms with Crippen molar-refractivity contribution in [3.63, 3.8) is 0 Å². The first-order chi connectivity index (χ1) is 25.3. The van der Waals surface area contributed by atoms with Gasteiger partial charge in [-0.15, -0.1) is 0 Å². The van der Waals surface area contributed by atoms with Gasteiger partial charge in [-0.1, -0.05) is 121 Å². The Hall–Kier alpha value is -4.79. The van der Waals surface area contributed by atoms with Gasteiger partial charge in [0.2, 0.25) is 10.0 Å². The van der Waals surface area contributed by atoms with Crippen LogP contribution in [-0.4, -0.2) is 56.0 Å². The van der Waals surface area contributed by atoms with E-state index in [1.54, 1.807) is 0 Å². The van der Waals surface area contributed by atoms with Gasteiger partial charge >= 0.3 is 0 Å². The van der Waals surface area contributed by atoms with E-state index < -0.39 is 39.4 Å². The van der Waals surface area contributed by atoms with Crippen LogP contribution in [0, 0.1) is 10.1 Å². The number of hydrogen-bond acceptors (Lipinski definition) is 9. The number of hydrogen-bond donors (Lipinski definition) is 2. The Morgan fingerprint density at radius 1 is 0.596 bits per heavy atom. The highest BCUT2D eigenvalue weighted by Gasteiger charge is 2.38. The number of nitro groups is 1. The van der Waals surface area contributed by atoms with Crippen LogP contribution in [0.2, 0.25) is 0 Å². The average Bonchev–Trinajstić information content (AvgIpc) is 3.18. The third kappa shape index (κ3) is 11.9. The van der Waals surface area contributed by atoms with E-state index in [1.807, 2.05) is 121 Å². The molecule has 4 atom stereocenters. The molecule has 0 aromatic heterocycles. The van der Waals surface area contributed by atoms with Gasteiger partial charge in [0.15, 0.2) is 0 Å². The maximum Gasteiger partial charge on any atom is 0.269 e. The summed E-state index contributed by atoms with van der Waals surface area (Å²) in [7, 11) is -4.16. The molecule has 0 saturated carbocycles. The first-order valence-corrected chi connectivity index (χ1v) is 18.3. The number of non-ortho nitro benzene ring substituents is 1. The topological polar surface area (TPSA) is 146 Å². The largest absolute Gasteiger partial charge is 0.388 e. The van der Waals surface area contributed by atoms with Gasteiger partial charge in [-0.25, -0.2) is 13.1 Å². The highest BCUT2D eigenvalue weighted by Crippen LogP contribution is 2.23. The Bertz CT molecular complexity index is 1880. The molecule has 2 N–H and O–H groups in total. The molecule has 0 radical (unpaired) electrons. The smallest absolute Gasteiger partial charge is 0.269 e. The number of benzene rings is 5. The fourth-order valence-corrected chi connectivity index (χ4v) is 6.45. The predicted molar refractivity (Wildman–Crippen MR) is 195 cm³/mol. The van der Waals surface area contributed by atoms with Gasteiger partial charge in [0.05, 0.1) is 42.9 Å². The number of ether oxygens (including phenoxy) is 4. The lowest BCUT2D eigenvalue weighted by Crippen LogP contribution is -2.53. The molecule has 0 aliphatic carbocycles. The van der Waals surface area contributed by atoms with Crippen LogP contribution in [0.15, 0.2) is 150 Å². The zero-order valence-corrected chi connectivity index (χ0v) is 29.3. The van der Waals surface area contributed by atoms with Crippen molar-refractivity contribution in [3.05, 3.63) is 178 Å². The first-order valence-electron chi connectivity index (χ1n) is 16.8. The Balaban J connectivity index is 1.46. The minimum absolute atomic E-state index is 0.0992. The third-order valence-corrected chi connectivity index (χ3v) is 9.62. The Morgan fingerprint density at radius 3 is 1.48 bits per heavy atom. The quantitative estimate of drug-likeness (QED) is 0.0666. The number of nitro benzene ring substituents is 1. The molecular formula is C40H42N2O9S. The summed E-state index contributed by atoms with van der Waals surface area (Å²) in [6.45, 7) is 0.179. The zero-order valence-electron chi connectivity index (χ0n) is 28.5. The second-order valence-electron chi connectivity index (χ2n) is 12.0. The molecule has 0 aliphatic heterocycles. The van der Waals surface area contributed by atoms with Crippen LogP contribution in [0.1, 0.15) is 22.3 Å².